The number of carbonyl (C=O) groups excluding carboxylic acids is 1. The van der Waals surface area contributed by atoms with Gasteiger partial charge in [-0.15, -0.1) is 0 Å². The van der Waals surface area contributed by atoms with Gasteiger partial charge >= 0.3 is 5.97 Å². The Labute approximate surface area is 287 Å². The monoisotopic (exact) mass is 687 g/mol. The Morgan fingerprint density at radius 1 is 0.938 bits per heavy atom. The number of methoxy groups -OCH3 is 1. The van der Waals surface area contributed by atoms with E-state index in [9.17, 15) is 20.1 Å². The molecular weight excluding hydrogens is 622 g/mol. The van der Waals surface area contributed by atoms with E-state index in [1.807, 2.05) is 48.5 Å². The van der Waals surface area contributed by atoms with Gasteiger partial charge in [0.25, 0.3) is 0 Å². The first-order chi connectivity index (χ1) is 22.3. The Morgan fingerprint density at radius 2 is 1.60 bits per heavy atom. The van der Waals surface area contributed by atoms with Gasteiger partial charge in [0.2, 0.25) is 0 Å². The summed E-state index contributed by atoms with van der Waals surface area (Å²) in [5.74, 6) is -2.47. The van der Waals surface area contributed by atoms with Crippen LogP contribution >= 0.6 is 0 Å². The molecule has 0 saturated carbocycles. The summed E-state index contributed by atoms with van der Waals surface area (Å²) in [6, 6.07) is -0.249. The third-order valence-corrected chi connectivity index (χ3v) is 11.9. The second kappa shape index (κ2) is 15.4. The Hall–Kier alpha value is -0.930. The van der Waals surface area contributed by atoms with Gasteiger partial charge < -0.3 is 53.8 Å². The highest BCUT2D eigenvalue weighted by atomic mass is 16.7. The van der Waals surface area contributed by atoms with Crippen molar-refractivity contribution in [2.24, 2.45) is 23.7 Å². The van der Waals surface area contributed by atoms with Crippen LogP contribution in [-0.4, -0.2) is 120 Å². The zero-order valence-corrected chi connectivity index (χ0v) is 31.3. The lowest BCUT2D eigenvalue weighted by atomic mass is 9.76. The lowest BCUT2D eigenvalue weighted by Gasteiger charge is -2.47. The van der Waals surface area contributed by atoms with Crippen molar-refractivity contribution in [3.8, 4) is 0 Å². The minimum atomic E-state index is -1.75. The average molecular weight is 688 g/mol. The molecule has 0 aliphatic carbocycles. The van der Waals surface area contributed by atoms with Gasteiger partial charge in [-0.2, -0.15) is 0 Å². The molecule has 280 valence electrons. The minimum Gasteiger partial charge on any atom is -0.459 e. The molecule has 0 radical (unpaired) electrons. The number of hydrogen-bond acceptors (Lipinski definition) is 12. The molecule has 0 aromatic rings. The number of fused-ring (bicyclic) bond motifs is 2. The van der Waals surface area contributed by atoms with Gasteiger partial charge in [0.1, 0.15) is 17.8 Å². The van der Waals surface area contributed by atoms with Gasteiger partial charge in [0.15, 0.2) is 12.6 Å². The Morgan fingerprint density at radius 3 is 2.21 bits per heavy atom. The summed E-state index contributed by atoms with van der Waals surface area (Å²) >= 11 is 0. The van der Waals surface area contributed by atoms with Crippen LogP contribution in [0.5, 0.6) is 0 Å². The largest absolute Gasteiger partial charge is 0.459 e. The molecule has 4 aliphatic rings. The van der Waals surface area contributed by atoms with Crippen LogP contribution in [0, 0.1) is 23.7 Å². The van der Waals surface area contributed by atoms with Crippen LogP contribution < -0.4 is 5.32 Å². The number of aliphatic hydroxyl groups excluding tert-OH is 2. The van der Waals surface area contributed by atoms with Gasteiger partial charge in [-0.25, -0.2) is 0 Å². The van der Waals surface area contributed by atoms with Crippen molar-refractivity contribution < 1.29 is 53.3 Å². The summed E-state index contributed by atoms with van der Waals surface area (Å²) in [5, 5.41) is 38.0. The van der Waals surface area contributed by atoms with Gasteiger partial charge in [-0.1, -0.05) is 27.7 Å². The van der Waals surface area contributed by atoms with E-state index < -0.39 is 89.7 Å². The zero-order valence-electron chi connectivity index (χ0n) is 31.3. The van der Waals surface area contributed by atoms with Gasteiger partial charge in [0.05, 0.1) is 53.7 Å². The fourth-order valence-corrected chi connectivity index (χ4v) is 9.05. The molecule has 4 saturated heterocycles. The number of nitrogens with one attached hydrogen (secondary N) is 1. The Balaban J connectivity index is 1.82. The van der Waals surface area contributed by atoms with Crippen molar-refractivity contribution >= 4 is 5.97 Å². The Kier molecular flexibility index (Phi) is 12.7. The van der Waals surface area contributed by atoms with E-state index in [1.165, 1.54) is 6.92 Å². The minimum absolute atomic E-state index is 0.0257. The number of rotatable bonds is 7. The molecule has 0 unspecified atom stereocenters. The second-order valence-corrected chi connectivity index (χ2v) is 16.1. The third kappa shape index (κ3) is 8.08. The zero-order chi connectivity index (χ0) is 35.9. The van der Waals surface area contributed by atoms with Crippen LogP contribution in [0.3, 0.4) is 0 Å². The van der Waals surface area contributed by atoms with Gasteiger partial charge in [0, 0.05) is 37.8 Å². The van der Waals surface area contributed by atoms with E-state index in [2.05, 4.69) is 12.2 Å². The summed E-state index contributed by atoms with van der Waals surface area (Å²) in [4.78, 5) is 14.1. The average Bonchev–Trinajstić information content (AvgIpc) is 3.34. The normalized spacial score (nSPS) is 52.6. The van der Waals surface area contributed by atoms with E-state index in [0.717, 1.165) is 0 Å². The summed E-state index contributed by atoms with van der Waals surface area (Å²) in [6.45, 7) is 18.9. The van der Waals surface area contributed by atoms with Crippen LogP contribution in [0.1, 0.15) is 101 Å². The number of ether oxygens (including phenoxy) is 7. The Bertz CT molecular complexity index is 1080. The number of cyclic esters (lactones) is 1. The second-order valence-electron chi connectivity index (χ2n) is 16.1. The smallest absolute Gasteiger partial charge is 0.311 e. The molecule has 4 N–H and O–H groups in total. The maximum atomic E-state index is 14.1. The summed E-state index contributed by atoms with van der Waals surface area (Å²) < 4.78 is 45.0. The van der Waals surface area contributed by atoms with Crippen molar-refractivity contribution in [1.82, 2.24) is 5.32 Å². The molecule has 0 amide bonds. The van der Waals surface area contributed by atoms with Crippen molar-refractivity contribution in [3.05, 3.63) is 0 Å². The van der Waals surface area contributed by atoms with Gasteiger partial charge in [-0.3, -0.25) is 4.79 Å². The summed E-state index contributed by atoms with van der Waals surface area (Å²) in [7, 11) is 3.48. The van der Waals surface area contributed by atoms with E-state index in [1.54, 1.807) is 21.1 Å². The molecule has 4 fully saturated rings. The predicted octanol–water partition coefficient (Wildman–Crippen LogP) is 3.31. The van der Waals surface area contributed by atoms with E-state index in [4.69, 9.17) is 33.2 Å². The molecule has 4 rings (SSSR count). The molecular formula is C36H65NO11. The van der Waals surface area contributed by atoms with E-state index >= 15 is 0 Å². The fourth-order valence-electron chi connectivity index (χ4n) is 9.05. The van der Waals surface area contributed by atoms with E-state index in [-0.39, 0.29) is 30.6 Å². The molecule has 12 nitrogen and oxygen atoms in total. The summed E-state index contributed by atoms with van der Waals surface area (Å²) in [5.41, 5.74) is -3.19. The van der Waals surface area contributed by atoms with Crippen molar-refractivity contribution in [1.29, 1.82) is 0 Å². The van der Waals surface area contributed by atoms with Crippen LogP contribution in [0.4, 0.5) is 0 Å². The number of hydrogen-bond donors (Lipinski definition) is 4. The number of esters is 1. The molecule has 18 atom stereocenters. The molecule has 0 spiro atoms. The molecule has 2 bridgehead atoms. The lowest BCUT2D eigenvalue weighted by molar-refractivity contribution is -0.308. The highest BCUT2D eigenvalue weighted by Gasteiger charge is 2.57. The molecule has 0 aromatic carbocycles. The van der Waals surface area contributed by atoms with Crippen molar-refractivity contribution in [2.45, 2.75) is 186 Å². The predicted molar refractivity (Wildman–Crippen MR) is 178 cm³/mol. The highest BCUT2D eigenvalue weighted by molar-refractivity contribution is 5.73. The number of aliphatic hydroxyl groups is 3. The highest BCUT2D eigenvalue weighted by Crippen LogP contribution is 2.47. The first kappa shape index (κ1) is 39.8. The number of likely N-dealkylation sites (N-methyl/N-ethyl adjacent to an activating group) is 1. The molecule has 12 heteroatoms. The van der Waals surface area contributed by atoms with Crippen molar-refractivity contribution in [3.63, 3.8) is 0 Å². The fraction of sp³-hybridized carbons (Fsp3) is 0.972. The third-order valence-electron chi connectivity index (χ3n) is 11.9. The lowest BCUT2D eigenvalue weighted by Crippen LogP contribution is -2.59. The SMILES string of the molecule is CC[C@H]1OC(=O)[C@H](C)[C@@H](O[C@H]2C[C@@](C)(OC)C[C@H](C)O2)[C@H](C)[C@@H](O[C@@H]2O[C@H](C)C[C@H](NC)[C@H]2O)[C@@]2(C)C[C@@H](C)[C@@H](O2)[C@H](C)[C@@H](O)[C@]1(C)O. The van der Waals surface area contributed by atoms with Crippen LogP contribution in [-0.2, 0) is 38.0 Å². The molecule has 4 heterocycles. The standard InChI is InChI=1S/C36H65NO11/c1-13-25-36(10,41)30(39)21(5)28-18(2)15-35(9,48-28)31(47-33-27(38)24(37-11)14-19(3)44-33)22(6)29(23(7)32(40)45-25)46-26-17-34(8,42-12)16-20(4)43-26/h18-31,33,37-39,41H,13-17H2,1-12H3/t18-,19-,20+,21+,22+,23-,24+,25-,26+,27-,28-,29+,30-,31-,33+,34+,35-,36-/m1/s1. The van der Waals surface area contributed by atoms with Crippen molar-refractivity contribution in [2.75, 3.05) is 14.2 Å². The van der Waals surface area contributed by atoms with Crippen LogP contribution in [0.15, 0.2) is 0 Å². The quantitative estimate of drug-likeness (QED) is 0.291. The first-order valence-corrected chi connectivity index (χ1v) is 18.1. The molecule has 0 aromatic heterocycles. The number of carbonyl (C=O) groups is 1. The van der Waals surface area contributed by atoms with Gasteiger partial charge in [-0.05, 0) is 73.8 Å². The topological polar surface area (TPSA) is 154 Å². The first-order valence-electron chi connectivity index (χ1n) is 18.1. The van der Waals surface area contributed by atoms with Crippen LogP contribution in [0.2, 0.25) is 0 Å². The molecule has 48 heavy (non-hydrogen) atoms. The molecule has 4 aliphatic heterocycles. The van der Waals surface area contributed by atoms with E-state index in [0.29, 0.717) is 25.7 Å². The maximum Gasteiger partial charge on any atom is 0.311 e. The van der Waals surface area contributed by atoms with Crippen LogP contribution in [0.25, 0.3) is 0 Å². The summed E-state index contributed by atoms with van der Waals surface area (Å²) in [6.07, 6.45) is -4.62. The maximum absolute atomic E-state index is 14.1.